The maximum Gasteiger partial charge on any atom is 0.336 e. The molecule has 100 valence electrons. The Labute approximate surface area is 119 Å². The number of carboxylic acid groups (broad SMARTS) is 2. The number of carbonyl (C=O) groups is 2. The highest BCUT2D eigenvalue weighted by molar-refractivity contribution is 9.12. The molecule has 8 heteroatoms. The van der Waals surface area contributed by atoms with Crippen LogP contribution in [0.2, 0.25) is 0 Å². The summed E-state index contributed by atoms with van der Waals surface area (Å²) in [5.41, 5.74) is -0.251. The van der Waals surface area contributed by atoms with E-state index in [9.17, 15) is 19.8 Å². The fourth-order valence-electron chi connectivity index (χ4n) is 1.57. The fraction of sp³-hybridized carbons (Fsp3) is 0.400. The predicted octanol–water partition coefficient (Wildman–Crippen LogP) is 0.825. The highest BCUT2D eigenvalue weighted by Gasteiger charge is 2.53. The van der Waals surface area contributed by atoms with Gasteiger partial charge in [0.25, 0.3) is 0 Å². The summed E-state index contributed by atoms with van der Waals surface area (Å²) < 4.78 is -1.77. The van der Waals surface area contributed by atoms with Gasteiger partial charge in [-0.15, -0.1) is 0 Å². The van der Waals surface area contributed by atoms with Crippen molar-refractivity contribution in [2.24, 2.45) is 5.92 Å². The lowest BCUT2D eigenvalue weighted by atomic mass is 9.80. The molecule has 2 unspecified atom stereocenters. The highest BCUT2D eigenvalue weighted by atomic mass is 79.9. The normalized spacial score (nSPS) is 28.4. The van der Waals surface area contributed by atoms with Gasteiger partial charge in [-0.1, -0.05) is 37.9 Å². The number of aliphatic hydroxyl groups is 2. The first kappa shape index (κ1) is 15.4. The summed E-state index contributed by atoms with van der Waals surface area (Å²) in [5.74, 6) is -6.43. The number of carboxylic acids is 2. The van der Waals surface area contributed by atoms with Crippen LogP contribution in [0.25, 0.3) is 0 Å². The molecule has 0 aromatic carbocycles. The molecule has 0 radical (unpaired) electrons. The molecule has 1 rings (SSSR count). The molecule has 18 heavy (non-hydrogen) atoms. The summed E-state index contributed by atoms with van der Waals surface area (Å²) in [5, 5.41) is 37.4. The summed E-state index contributed by atoms with van der Waals surface area (Å²) in [6.45, 7) is 0.973. The van der Waals surface area contributed by atoms with E-state index in [0.717, 1.165) is 19.1 Å². The van der Waals surface area contributed by atoms with Gasteiger partial charge in [0.2, 0.25) is 0 Å². The first-order valence-electron chi connectivity index (χ1n) is 4.71. The molecule has 0 saturated heterocycles. The van der Waals surface area contributed by atoms with Gasteiger partial charge in [-0.05, 0) is 13.0 Å². The molecule has 0 aliphatic heterocycles. The smallest absolute Gasteiger partial charge is 0.336 e. The van der Waals surface area contributed by atoms with Crippen molar-refractivity contribution in [3.8, 4) is 0 Å². The van der Waals surface area contributed by atoms with Crippen molar-refractivity contribution in [1.82, 2.24) is 0 Å². The van der Waals surface area contributed by atoms with Gasteiger partial charge in [-0.3, -0.25) is 4.79 Å². The maximum absolute atomic E-state index is 11.1. The summed E-state index contributed by atoms with van der Waals surface area (Å²) >= 11 is 5.88. The van der Waals surface area contributed by atoms with E-state index in [2.05, 4.69) is 31.9 Å². The van der Waals surface area contributed by atoms with Crippen molar-refractivity contribution in [2.75, 3.05) is 0 Å². The van der Waals surface area contributed by atoms with Gasteiger partial charge in [0.15, 0.2) is 5.79 Å². The predicted molar refractivity (Wildman–Crippen MR) is 68.4 cm³/mol. The van der Waals surface area contributed by atoms with Crippen LogP contribution in [-0.2, 0) is 9.59 Å². The number of halogens is 2. The van der Waals surface area contributed by atoms with Gasteiger partial charge in [-0.25, -0.2) is 4.79 Å². The van der Waals surface area contributed by atoms with Crippen LogP contribution in [-0.4, -0.2) is 42.5 Å². The average molecular weight is 386 g/mol. The van der Waals surface area contributed by atoms with E-state index >= 15 is 0 Å². The van der Waals surface area contributed by atoms with E-state index in [1.54, 1.807) is 0 Å². The van der Waals surface area contributed by atoms with Crippen molar-refractivity contribution < 1.29 is 30.0 Å². The van der Waals surface area contributed by atoms with Crippen molar-refractivity contribution in [2.45, 2.75) is 17.0 Å². The Morgan fingerprint density at radius 1 is 1.39 bits per heavy atom. The van der Waals surface area contributed by atoms with Gasteiger partial charge in [0.05, 0.1) is 5.57 Å². The summed E-state index contributed by atoms with van der Waals surface area (Å²) in [7, 11) is 0. The van der Waals surface area contributed by atoms with Crippen LogP contribution in [0.4, 0.5) is 0 Å². The third kappa shape index (κ3) is 2.51. The summed E-state index contributed by atoms with van der Waals surface area (Å²) in [6, 6.07) is 0. The third-order valence-electron chi connectivity index (χ3n) is 2.60. The molecule has 2 atom stereocenters. The molecule has 4 N–H and O–H groups in total. The molecule has 1 aliphatic rings. The molecule has 1 aliphatic carbocycles. The molecule has 0 amide bonds. The topological polar surface area (TPSA) is 115 Å². The molecular weight excluding hydrogens is 376 g/mol. The van der Waals surface area contributed by atoms with E-state index in [0.29, 0.717) is 0 Å². The minimum Gasteiger partial charge on any atom is -0.481 e. The minimum absolute atomic E-state index is 0.0710. The Hall–Kier alpha value is -0.700. The standard InChI is InChI=1S/C10H10Br2O6/c1-9(17,18)10(12)3-4(7(13)14)6(11)2-5(10)8(15)16/h2-3,5,17-18H,1H3,(H,13,14)(H,15,16). The lowest BCUT2D eigenvalue weighted by Gasteiger charge is -2.40. The second kappa shape index (κ2) is 4.76. The first-order valence-corrected chi connectivity index (χ1v) is 6.29. The molecule has 0 fully saturated rings. The monoisotopic (exact) mass is 384 g/mol. The number of hydrogen-bond acceptors (Lipinski definition) is 4. The van der Waals surface area contributed by atoms with Crippen molar-refractivity contribution >= 4 is 43.8 Å². The molecule has 0 heterocycles. The molecule has 0 aromatic heterocycles. The molecule has 0 saturated carbocycles. The SMILES string of the molecule is CC(O)(O)C1(Br)C=C(C(=O)O)C(Br)=CC1C(=O)O. The van der Waals surface area contributed by atoms with Crippen molar-refractivity contribution in [3.63, 3.8) is 0 Å². The Bertz CT molecular complexity index is 461. The first-order chi connectivity index (χ1) is 8.00. The van der Waals surface area contributed by atoms with E-state index in [1.807, 2.05) is 0 Å². The second-order valence-electron chi connectivity index (χ2n) is 3.98. The molecule has 6 nitrogen and oxygen atoms in total. The Balaban J connectivity index is 3.45. The Morgan fingerprint density at radius 3 is 2.22 bits per heavy atom. The number of hydrogen-bond donors (Lipinski definition) is 4. The molecular formula is C10H10Br2O6. The summed E-state index contributed by atoms with van der Waals surface area (Å²) in [6.07, 6.45) is 2.07. The number of aliphatic carboxylic acids is 2. The highest BCUT2D eigenvalue weighted by Crippen LogP contribution is 2.45. The van der Waals surface area contributed by atoms with Crippen LogP contribution in [0.1, 0.15) is 6.92 Å². The van der Waals surface area contributed by atoms with Gasteiger partial charge in [0.1, 0.15) is 10.2 Å². The van der Waals surface area contributed by atoms with Gasteiger partial charge in [0, 0.05) is 4.48 Å². The zero-order valence-corrected chi connectivity index (χ0v) is 12.3. The van der Waals surface area contributed by atoms with Crippen LogP contribution in [0.3, 0.4) is 0 Å². The van der Waals surface area contributed by atoms with Crippen LogP contribution in [0.15, 0.2) is 22.2 Å². The molecule has 0 bridgehead atoms. The zero-order valence-electron chi connectivity index (χ0n) is 9.09. The minimum atomic E-state index is -2.46. The maximum atomic E-state index is 11.1. The zero-order chi connectivity index (χ0) is 14.3. The average Bonchev–Trinajstić information content (AvgIpc) is 2.18. The second-order valence-corrected chi connectivity index (χ2v) is 6.15. The van der Waals surface area contributed by atoms with Crippen molar-refractivity contribution in [3.05, 3.63) is 22.2 Å². The van der Waals surface area contributed by atoms with E-state index in [1.165, 1.54) is 0 Å². The van der Waals surface area contributed by atoms with Crippen LogP contribution < -0.4 is 0 Å². The largest absolute Gasteiger partial charge is 0.481 e. The molecule has 0 spiro atoms. The van der Waals surface area contributed by atoms with E-state index in [4.69, 9.17) is 10.2 Å². The van der Waals surface area contributed by atoms with Crippen LogP contribution >= 0.6 is 31.9 Å². The van der Waals surface area contributed by atoms with E-state index < -0.39 is 28.0 Å². The van der Waals surface area contributed by atoms with Crippen LogP contribution in [0, 0.1) is 5.92 Å². The van der Waals surface area contributed by atoms with E-state index in [-0.39, 0.29) is 10.1 Å². The molecule has 0 aromatic rings. The Morgan fingerprint density at radius 2 is 1.89 bits per heavy atom. The number of alkyl halides is 1. The van der Waals surface area contributed by atoms with Crippen molar-refractivity contribution in [1.29, 1.82) is 0 Å². The number of rotatable bonds is 3. The van der Waals surface area contributed by atoms with Gasteiger partial charge < -0.3 is 20.4 Å². The Kier molecular flexibility index (Phi) is 4.06. The quantitative estimate of drug-likeness (QED) is 0.422. The van der Waals surface area contributed by atoms with Crippen LogP contribution in [0.5, 0.6) is 0 Å². The lowest BCUT2D eigenvalue weighted by Crippen LogP contribution is -2.54. The third-order valence-corrected chi connectivity index (χ3v) is 4.76. The van der Waals surface area contributed by atoms with Gasteiger partial charge in [-0.2, -0.15) is 0 Å². The fourth-order valence-corrected chi connectivity index (χ4v) is 2.68. The lowest BCUT2D eigenvalue weighted by molar-refractivity contribution is -0.175. The van der Waals surface area contributed by atoms with Gasteiger partial charge >= 0.3 is 11.9 Å². The summed E-state index contributed by atoms with van der Waals surface area (Å²) in [4.78, 5) is 22.1.